The van der Waals surface area contributed by atoms with E-state index in [0.717, 1.165) is 34.9 Å². The maximum atomic E-state index is 13.0. The number of aromatic nitrogens is 1. The molecule has 0 amide bonds. The zero-order chi connectivity index (χ0) is 18.5. The van der Waals surface area contributed by atoms with Gasteiger partial charge in [0, 0.05) is 16.5 Å². The summed E-state index contributed by atoms with van der Waals surface area (Å²) in [7, 11) is 5.36. The lowest BCUT2D eigenvalue weighted by molar-refractivity contribution is -0.908. The third-order valence-electron chi connectivity index (χ3n) is 4.08. The molecule has 1 heterocycles. The summed E-state index contributed by atoms with van der Waals surface area (Å²) < 4.78 is 23.7. The Morgan fingerprint density at radius 1 is 1.00 bits per heavy atom. The molecule has 0 bridgehead atoms. The molecule has 0 aliphatic heterocycles. The summed E-state index contributed by atoms with van der Waals surface area (Å²) in [5, 5.41) is 3.04. The van der Waals surface area contributed by atoms with Crippen molar-refractivity contribution in [2.75, 3.05) is 21.3 Å². The molecule has 0 fully saturated rings. The number of hydrogen-bond donors (Lipinski definition) is 1. The van der Waals surface area contributed by atoms with Gasteiger partial charge in [-0.1, -0.05) is 12.1 Å². The summed E-state index contributed by atoms with van der Waals surface area (Å²) >= 11 is 1.62. The molecular formula is C20H22FN2O2S+. The highest BCUT2D eigenvalue weighted by Gasteiger charge is 2.12. The Morgan fingerprint density at radius 2 is 1.73 bits per heavy atom. The van der Waals surface area contributed by atoms with E-state index in [1.165, 1.54) is 17.0 Å². The topological polar surface area (TPSA) is 35.8 Å². The lowest BCUT2D eigenvalue weighted by Gasteiger charge is -2.12. The summed E-state index contributed by atoms with van der Waals surface area (Å²) in [6, 6.07) is 12.5. The molecule has 1 aromatic heterocycles. The lowest BCUT2D eigenvalue weighted by atomic mass is 10.2. The Bertz CT molecular complexity index is 865. The molecule has 4 nitrogen and oxygen atoms in total. The van der Waals surface area contributed by atoms with Crippen LogP contribution in [0, 0.1) is 5.82 Å². The Balaban J connectivity index is 1.68. The summed E-state index contributed by atoms with van der Waals surface area (Å²) in [6.45, 7) is 1.63. The fraction of sp³-hybridized carbons (Fsp3) is 0.250. The van der Waals surface area contributed by atoms with Crippen LogP contribution >= 0.6 is 11.3 Å². The monoisotopic (exact) mass is 373 g/mol. The predicted octanol–water partition coefficient (Wildman–Crippen LogP) is 3.18. The predicted molar refractivity (Wildman–Crippen MR) is 101 cm³/mol. The van der Waals surface area contributed by atoms with Crippen LogP contribution in [0.25, 0.3) is 10.6 Å². The van der Waals surface area contributed by atoms with Crippen molar-refractivity contribution in [2.24, 2.45) is 0 Å². The Hall–Kier alpha value is -2.44. The van der Waals surface area contributed by atoms with Crippen molar-refractivity contribution in [1.82, 2.24) is 4.98 Å². The number of methoxy groups -OCH3 is 2. The Labute approximate surface area is 156 Å². The van der Waals surface area contributed by atoms with Crippen LogP contribution in [-0.2, 0) is 13.1 Å². The van der Waals surface area contributed by atoms with E-state index in [9.17, 15) is 4.39 Å². The molecule has 0 aliphatic carbocycles. The van der Waals surface area contributed by atoms with Crippen molar-refractivity contribution < 1.29 is 18.8 Å². The molecule has 26 heavy (non-hydrogen) atoms. The van der Waals surface area contributed by atoms with Crippen LogP contribution in [0.2, 0.25) is 0 Å². The quantitative estimate of drug-likeness (QED) is 0.691. The highest BCUT2D eigenvalue weighted by atomic mass is 32.1. The van der Waals surface area contributed by atoms with Crippen LogP contribution in [0.3, 0.4) is 0 Å². The van der Waals surface area contributed by atoms with Gasteiger partial charge in [0.1, 0.15) is 29.6 Å². The van der Waals surface area contributed by atoms with Crippen molar-refractivity contribution in [3.8, 4) is 22.1 Å². The summed E-state index contributed by atoms with van der Waals surface area (Å²) in [4.78, 5) is 6.04. The van der Waals surface area contributed by atoms with Crippen molar-refractivity contribution in [1.29, 1.82) is 0 Å². The Kier molecular flexibility index (Phi) is 5.85. The number of benzene rings is 2. The van der Waals surface area contributed by atoms with E-state index in [4.69, 9.17) is 14.5 Å². The minimum atomic E-state index is -0.203. The fourth-order valence-electron chi connectivity index (χ4n) is 2.81. The van der Waals surface area contributed by atoms with E-state index in [1.54, 1.807) is 25.6 Å². The fourth-order valence-corrected chi connectivity index (χ4v) is 3.63. The van der Waals surface area contributed by atoms with E-state index in [0.29, 0.717) is 11.5 Å². The van der Waals surface area contributed by atoms with Crippen LogP contribution in [0.4, 0.5) is 4.39 Å². The number of nitrogens with one attached hydrogen (secondary N) is 1. The first kappa shape index (κ1) is 18.4. The molecule has 0 saturated carbocycles. The van der Waals surface area contributed by atoms with Crippen molar-refractivity contribution >= 4 is 11.3 Å². The molecule has 1 unspecified atom stereocenters. The van der Waals surface area contributed by atoms with Gasteiger partial charge in [-0.3, -0.25) is 0 Å². The largest absolute Gasteiger partial charge is 0.493 e. The second kappa shape index (κ2) is 8.29. The summed E-state index contributed by atoms with van der Waals surface area (Å²) in [5.41, 5.74) is 3.16. The third-order valence-corrected chi connectivity index (χ3v) is 5.02. The molecule has 136 valence electrons. The van der Waals surface area contributed by atoms with E-state index in [-0.39, 0.29) is 5.82 Å². The molecule has 0 radical (unpaired) electrons. The van der Waals surface area contributed by atoms with Crippen molar-refractivity contribution in [3.63, 3.8) is 0 Å². The molecular weight excluding hydrogens is 351 g/mol. The van der Waals surface area contributed by atoms with Gasteiger partial charge in [-0.2, -0.15) is 0 Å². The third kappa shape index (κ3) is 4.39. The zero-order valence-electron chi connectivity index (χ0n) is 15.1. The molecule has 2 aromatic carbocycles. The van der Waals surface area contributed by atoms with Gasteiger partial charge in [0.25, 0.3) is 0 Å². The van der Waals surface area contributed by atoms with Crippen molar-refractivity contribution in [2.45, 2.75) is 13.1 Å². The molecule has 0 saturated heterocycles. The SMILES string of the molecule is COc1ccc(-c2nc(C[NH+](C)Cc3ccc(F)cc3)cs2)cc1OC. The standard InChI is InChI=1S/C20H21FN2O2S/c1-23(11-14-4-7-16(21)8-5-14)12-17-13-26-20(22-17)15-6-9-18(24-2)19(10-15)25-3/h4-10,13H,11-12H2,1-3H3/p+1. The van der Waals surface area contributed by atoms with Crippen LogP contribution in [0.1, 0.15) is 11.3 Å². The number of rotatable bonds is 7. The molecule has 3 aromatic rings. The van der Waals surface area contributed by atoms with Crippen LogP contribution in [-0.4, -0.2) is 26.3 Å². The highest BCUT2D eigenvalue weighted by molar-refractivity contribution is 7.13. The van der Waals surface area contributed by atoms with E-state index < -0.39 is 0 Å². The second-order valence-corrected chi connectivity index (χ2v) is 7.01. The number of nitrogens with zero attached hydrogens (tertiary/aromatic N) is 1. The number of ether oxygens (including phenoxy) is 2. The zero-order valence-corrected chi connectivity index (χ0v) is 15.9. The van der Waals surface area contributed by atoms with Gasteiger partial charge in [-0.15, -0.1) is 11.3 Å². The average Bonchev–Trinajstić information content (AvgIpc) is 3.11. The smallest absolute Gasteiger partial charge is 0.161 e. The van der Waals surface area contributed by atoms with Crippen LogP contribution in [0.15, 0.2) is 47.8 Å². The minimum Gasteiger partial charge on any atom is -0.493 e. The normalized spacial score (nSPS) is 12.0. The van der Waals surface area contributed by atoms with Gasteiger partial charge in [0.2, 0.25) is 0 Å². The highest BCUT2D eigenvalue weighted by Crippen LogP contribution is 2.33. The van der Waals surface area contributed by atoms with Crippen LogP contribution < -0.4 is 14.4 Å². The first-order valence-electron chi connectivity index (χ1n) is 8.31. The van der Waals surface area contributed by atoms with E-state index in [1.807, 2.05) is 30.3 Å². The maximum absolute atomic E-state index is 13.0. The Morgan fingerprint density at radius 3 is 2.42 bits per heavy atom. The van der Waals surface area contributed by atoms with Crippen LogP contribution in [0.5, 0.6) is 11.5 Å². The van der Waals surface area contributed by atoms with Gasteiger partial charge in [-0.05, 0) is 30.3 Å². The summed E-state index contributed by atoms with van der Waals surface area (Å²) in [5.74, 6) is 1.20. The molecule has 3 rings (SSSR count). The minimum absolute atomic E-state index is 0.203. The number of hydrogen-bond acceptors (Lipinski definition) is 4. The van der Waals surface area contributed by atoms with E-state index in [2.05, 4.69) is 12.4 Å². The van der Waals surface area contributed by atoms with Gasteiger partial charge in [0.15, 0.2) is 11.5 Å². The first-order valence-corrected chi connectivity index (χ1v) is 9.19. The van der Waals surface area contributed by atoms with Crippen molar-refractivity contribution in [3.05, 3.63) is 64.9 Å². The average molecular weight is 373 g/mol. The first-order chi connectivity index (χ1) is 12.6. The second-order valence-electron chi connectivity index (χ2n) is 6.15. The van der Waals surface area contributed by atoms with Gasteiger partial charge < -0.3 is 14.4 Å². The maximum Gasteiger partial charge on any atom is 0.161 e. The molecule has 0 aliphatic rings. The number of halogens is 1. The molecule has 6 heteroatoms. The van der Waals surface area contributed by atoms with Gasteiger partial charge in [-0.25, -0.2) is 9.37 Å². The van der Waals surface area contributed by atoms with Gasteiger partial charge >= 0.3 is 0 Å². The number of quaternary nitrogens is 1. The number of thiazole rings is 1. The summed E-state index contributed by atoms with van der Waals surface area (Å²) in [6.07, 6.45) is 0. The molecule has 1 atom stereocenters. The van der Waals surface area contributed by atoms with E-state index >= 15 is 0 Å². The van der Waals surface area contributed by atoms with Gasteiger partial charge in [0.05, 0.1) is 21.3 Å². The lowest BCUT2D eigenvalue weighted by Crippen LogP contribution is -3.06. The molecule has 1 N–H and O–H groups in total. The molecule has 0 spiro atoms.